The van der Waals surface area contributed by atoms with Crippen LogP contribution >= 0.6 is 15.9 Å². The lowest BCUT2D eigenvalue weighted by Gasteiger charge is -2.12. The Bertz CT molecular complexity index is 341. The van der Waals surface area contributed by atoms with Crippen LogP contribution in [0.4, 0.5) is 0 Å². The summed E-state index contributed by atoms with van der Waals surface area (Å²) in [5.41, 5.74) is 1.51. The van der Waals surface area contributed by atoms with E-state index < -0.39 is 0 Å². The van der Waals surface area contributed by atoms with Crippen molar-refractivity contribution in [1.29, 1.82) is 0 Å². The van der Waals surface area contributed by atoms with Crippen LogP contribution in [0.5, 0.6) is 11.5 Å². The first-order valence-corrected chi connectivity index (χ1v) is 4.77. The Hall–Kier alpha value is -0.780. The average molecular weight is 262 g/mol. The molecule has 0 saturated carbocycles. The van der Waals surface area contributed by atoms with Gasteiger partial charge in [0.15, 0.2) is 11.5 Å². The van der Waals surface area contributed by atoms with Gasteiger partial charge in [0, 0.05) is 10.0 Å². The first-order chi connectivity index (χ1) is 6.61. The average Bonchev–Trinajstić information content (AvgIpc) is 2.18. The monoisotopic (exact) mass is 261 g/mol. The Morgan fingerprint density at radius 3 is 2.71 bits per heavy atom. The van der Waals surface area contributed by atoms with E-state index in [0.29, 0.717) is 11.3 Å². The fraction of sp³-hybridized carbons (Fsp3) is 0.333. The molecule has 0 aliphatic heterocycles. The van der Waals surface area contributed by atoms with Gasteiger partial charge in [-0.1, -0.05) is 15.9 Å². The van der Waals surface area contributed by atoms with Crippen molar-refractivity contribution in [2.45, 2.75) is 13.5 Å². The summed E-state index contributed by atoms with van der Waals surface area (Å²) >= 11 is 3.35. The number of aromatic hydroxyl groups is 1. The first-order valence-electron chi connectivity index (χ1n) is 3.98. The van der Waals surface area contributed by atoms with E-state index in [1.165, 1.54) is 7.11 Å². The van der Waals surface area contributed by atoms with Gasteiger partial charge in [-0.05, 0) is 18.6 Å². The highest BCUT2D eigenvalue weighted by Crippen LogP contribution is 2.37. The highest BCUT2D eigenvalue weighted by Gasteiger charge is 2.14. The molecule has 0 unspecified atom stereocenters. The molecule has 0 heterocycles. The summed E-state index contributed by atoms with van der Waals surface area (Å²) in [6, 6.07) is 1.70. The van der Waals surface area contributed by atoms with Crippen LogP contribution in [0.2, 0.25) is 0 Å². The van der Waals surface area contributed by atoms with E-state index in [-0.39, 0.29) is 12.4 Å². The number of hydrogen-bond donors (Lipinski definition) is 2. The Kier molecular flexibility index (Phi) is 3.74. The number of benzene rings is 1. The molecule has 0 aliphatic carbocycles. The normalized spacial score (nSPS) is 10.3. The summed E-state index contributed by atoms with van der Waals surface area (Å²) in [5, 5.41) is 9.74. The fourth-order valence-electron chi connectivity index (χ4n) is 1.18. The zero-order valence-corrected chi connectivity index (χ0v) is 9.59. The third-order valence-corrected chi connectivity index (χ3v) is 2.86. The minimum Gasteiger partial charge on any atom is -0.504 e. The predicted octanol–water partition coefficient (Wildman–Crippen LogP) is 1.86. The van der Waals surface area contributed by atoms with E-state index >= 15 is 0 Å². The number of phenols is 1. The molecule has 0 spiro atoms. The van der Waals surface area contributed by atoms with E-state index in [4.69, 9.17) is 10.6 Å². The van der Waals surface area contributed by atoms with Gasteiger partial charge in [-0.2, -0.15) is 0 Å². The number of rotatable bonds is 3. The van der Waals surface area contributed by atoms with Gasteiger partial charge < -0.3 is 9.84 Å². The minimum absolute atomic E-state index is 0.0682. The van der Waals surface area contributed by atoms with Gasteiger partial charge >= 0.3 is 0 Å². The van der Waals surface area contributed by atoms with Gasteiger partial charge in [0.05, 0.1) is 13.7 Å². The minimum atomic E-state index is 0.0682. The van der Waals surface area contributed by atoms with Crippen LogP contribution < -0.4 is 10.6 Å². The molecule has 78 valence electrons. The van der Waals surface area contributed by atoms with Crippen LogP contribution in [-0.4, -0.2) is 12.2 Å². The van der Waals surface area contributed by atoms with Crippen LogP contribution in [0.3, 0.4) is 0 Å². The predicted molar refractivity (Wildman–Crippen MR) is 56.1 cm³/mol. The topological polar surface area (TPSA) is 64.7 Å². The molecule has 0 bridgehead atoms. The van der Waals surface area contributed by atoms with E-state index in [0.717, 1.165) is 10.0 Å². The largest absolute Gasteiger partial charge is 0.504 e. The van der Waals surface area contributed by atoms with Crippen molar-refractivity contribution in [3.05, 3.63) is 21.7 Å². The van der Waals surface area contributed by atoms with Gasteiger partial charge in [-0.15, -0.1) is 0 Å². The molecule has 5 heteroatoms. The van der Waals surface area contributed by atoms with Crippen LogP contribution in [-0.2, 0) is 11.4 Å². The first kappa shape index (κ1) is 11.3. The molecule has 14 heavy (non-hydrogen) atoms. The second-order valence-corrected chi connectivity index (χ2v) is 3.68. The zero-order valence-electron chi connectivity index (χ0n) is 8.00. The van der Waals surface area contributed by atoms with Crippen LogP contribution in [0.15, 0.2) is 10.5 Å². The van der Waals surface area contributed by atoms with Gasteiger partial charge in [0.2, 0.25) is 0 Å². The second-order valence-electron chi connectivity index (χ2n) is 2.82. The molecule has 0 aliphatic rings. The third-order valence-electron chi connectivity index (χ3n) is 2.04. The Morgan fingerprint density at radius 1 is 1.57 bits per heavy atom. The second kappa shape index (κ2) is 4.63. The number of methoxy groups -OCH3 is 1. The number of hydrogen-bond acceptors (Lipinski definition) is 4. The molecule has 0 fully saturated rings. The van der Waals surface area contributed by atoms with Crippen LogP contribution in [0, 0.1) is 6.92 Å². The molecule has 0 atom stereocenters. The van der Waals surface area contributed by atoms with E-state index in [1.54, 1.807) is 6.07 Å². The molecular weight excluding hydrogens is 250 g/mol. The molecular formula is C9H12BrNO3. The number of ether oxygens (including phenoxy) is 1. The van der Waals surface area contributed by atoms with Crippen molar-refractivity contribution in [2.75, 3.05) is 7.11 Å². The van der Waals surface area contributed by atoms with E-state index in [2.05, 4.69) is 20.8 Å². The van der Waals surface area contributed by atoms with E-state index in [9.17, 15) is 5.11 Å². The third kappa shape index (κ3) is 2.00. The van der Waals surface area contributed by atoms with Crippen LogP contribution in [0.1, 0.15) is 11.1 Å². The van der Waals surface area contributed by atoms with Crippen molar-refractivity contribution < 1.29 is 14.7 Å². The quantitative estimate of drug-likeness (QED) is 0.816. The van der Waals surface area contributed by atoms with Crippen molar-refractivity contribution in [3.63, 3.8) is 0 Å². The van der Waals surface area contributed by atoms with Crippen molar-refractivity contribution in [2.24, 2.45) is 5.90 Å². The molecule has 4 nitrogen and oxygen atoms in total. The maximum Gasteiger partial charge on any atom is 0.163 e. The number of halogens is 1. The smallest absolute Gasteiger partial charge is 0.163 e. The molecule has 3 N–H and O–H groups in total. The van der Waals surface area contributed by atoms with Crippen molar-refractivity contribution in [1.82, 2.24) is 0 Å². The Labute approximate surface area is 90.7 Å². The lowest BCUT2D eigenvalue weighted by atomic mass is 10.1. The van der Waals surface area contributed by atoms with Crippen LogP contribution in [0.25, 0.3) is 0 Å². The van der Waals surface area contributed by atoms with Crippen molar-refractivity contribution in [3.8, 4) is 11.5 Å². The summed E-state index contributed by atoms with van der Waals surface area (Å²) in [6.07, 6.45) is 0. The highest BCUT2D eigenvalue weighted by atomic mass is 79.9. The number of phenolic OH excluding ortho intramolecular Hbond substituents is 1. The SMILES string of the molecule is COc1cc(Br)c(C)c(CON)c1O. The van der Waals surface area contributed by atoms with Gasteiger partial charge in [-0.25, -0.2) is 5.90 Å². The summed E-state index contributed by atoms with van der Waals surface area (Å²) in [4.78, 5) is 4.51. The summed E-state index contributed by atoms with van der Waals surface area (Å²) in [7, 11) is 1.49. The number of nitrogens with two attached hydrogens (primary N) is 1. The van der Waals surface area contributed by atoms with Gasteiger partial charge in [0.1, 0.15) is 0 Å². The van der Waals surface area contributed by atoms with Crippen molar-refractivity contribution >= 4 is 15.9 Å². The molecule has 1 aromatic rings. The standard InChI is InChI=1S/C9H12BrNO3/c1-5-6(4-14-11)9(12)8(13-2)3-7(5)10/h3,12H,4,11H2,1-2H3. The van der Waals surface area contributed by atoms with Gasteiger partial charge in [-0.3, -0.25) is 4.84 Å². The summed E-state index contributed by atoms with van der Waals surface area (Å²) in [5.74, 6) is 5.44. The Morgan fingerprint density at radius 2 is 2.21 bits per heavy atom. The maximum atomic E-state index is 9.74. The molecule has 0 aromatic heterocycles. The molecule has 0 amide bonds. The maximum absolute atomic E-state index is 9.74. The molecule has 1 aromatic carbocycles. The zero-order chi connectivity index (χ0) is 10.7. The fourth-order valence-corrected chi connectivity index (χ4v) is 1.62. The lowest BCUT2D eigenvalue weighted by molar-refractivity contribution is 0.121. The molecule has 0 radical (unpaired) electrons. The molecule has 1 rings (SSSR count). The van der Waals surface area contributed by atoms with E-state index in [1.807, 2.05) is 6.92 Å². The Balaban J connectivity index is 3.29. The molecule has 0 saturated heterocycles. The highest BCUT2D eigenvalue weighted by molar-refractivity contribution is 9.10. The summed E-state index contributed by atoms with van der Waals surface area (Å²) in [6.45, 7) is 2.01. The lowest BCUT2D eigenvalue weighted by Crippen LogP contribution is -2.02. The summed E-state index contributed by atoms with van der Waals surface area (Å²) < 4.78 is 5.84. The van der Waals surface area contributed by atoms with Gasteiger partial charge in [0.25, 0.3) is 0 Å².